The first-order valence-corrected chi connectivity index (χ1v) is 6.79. The van der Waals surface area contributed by atoms with Gasteiger partial charge in [0.05, 0.1) is 7.11 Å². The Morgan fingerprint density at radius 2 is 2.10 bits per heavy atom. The molecular weight excluding hydrogens is 272 g/mol. The average Bonchev–Trinajstić information content (AvgIpc) is 3.03. The molecule has 1 fully saturated rings. The Morgan fingerprint density at radius 3 is 2.62 bits per heavy atom. The van der Waals surface area contributed by atoms with Crippen molar-refractivity contribution in [3.05, 3.63) is 23.8 Å². The van der Waals surface area contributed by atoms with Crippen LogP contribution in [0.15, 0.2) is 18.2 Å². The summed E-state index contributed by atoms with van der Waals surface area (Å²) in [5, 5.41) is 14.5. The lowest BCUT2D eigenvalue weighted by molar-refractivity contribution is 0.0693. The van der Waals surface area contributed by atoms with E-state index in [1.54, 1.807) is 0 Å². The van der Waals surface area contributed by atoms with Gasteiger partial charge in [0.2, 0.25) is 0 Å². The van der Waals surface area contributed by atoms with Gasteiger partial charge >= 0.3 is 12.0 Å². The zero-order chi connectivity index (χ0) is 15.6. The highest BCUT2D eigenvalue weighted by molar-refractivity contribution is 5.94. The van der Waals surface area contributed by atoms with E-state index in [1.165, 1.54) is 25.3 Å². The van der Waals surface area contributed by atoms with Crippen molar-refractivity contribution in [2.75, 3.05) is 19.0 Å². The summed E-state index contributed by atoms with van der Waals surface area (Å²) < 4.78 is 5.01. The number of rotatable bonds is 5. The van der Waals surface area contributed by atoms with Gasteiger partial charge in [0, 0.05) is 18.3 Å². The van der Waals surface area contributed by atoms with Gasteiger partial charge in [0.25, 0.3) is 0 Å². The van der Waals surface area contributed by atoms with Crippen molar-refractivity contribution in [1.82, 2.24) is 5.32 Å². The van der Waals surface area contributed by atoms with Gasteiger partial charge in [-0.25, -0.2) is 9.59 Å². The van der Waals surface area contributed by atoms with Crippen LogP contribution in [0, 0.1) is 11.3 Å². The molecule has 1 aromatic rings. The van der Waals surface area contributed by atoms with E-state index in [9.17, 15) is 9.59 Å². The molecule has 0 heterocycles. The van der Waals surface area contributed by atoms with Crippen molar-refractivity contribution in [2.45, 2.75) is 20.3 Å². The number of carboxylic acid groups (broad SMARTS) is 1. The second-order valence-electron chi connectivity index (χ2n) is 5.94. The number of anilines is 1. The standard InChI is InChI=1S/C15H20N2O4/c1-15(2)7-9(15)8-16-14(20)17-10-4-5-11(13(18)19)12(6-10)21-3/h4-6,9H,7-8H2,1-3H3,(H,18,19)(H2,16,17,20). The Kier molecular flexibility index (Phi) is 4.06. The lowest BCUT2D eigenvalue weighted by Crippen LogP contribution is -2.31. The van der Waals surface area contributed by atoms with E-state index in [-0.39, 0.29) is 17.3 Å². The Morgan fingerprint density at radius 1 is 1.43 bits per heavy atom. The number of carbonyl (C=O) groups excluding carboxylic acids is 1. The lowest BCUT2D eigenvalue weighted by atomic mass is 10.1. The molecule has 6 nitrogen and oxygen atoms in total. The van der Waals surface area contributed by atoms with E-state index in [0.29, 0.717) is 23.6 Å². The number of hydrogen-bond acceptors (Lipinski definition) is 3. The molecule has 1 unspecified atom stereocenters. The van der Waals surface area contributed by atoms with Crippen LogP contribution in [0.4, 0.5) is 10.5 Å². The molecular formula is C15H20N2O4. The van der Waals surface area contributed by atoms with Gasteiger partial charge in [-0.1, -0.05) is 13.8 Å². The molecule has 2 rings (SSSR count). The molecule has 0 aliphatic heterocycles. The van der Waals surface area contributed by atoms with Gasteiger partial charge < -0.3 is 20.5 Å². The Balaban J connectivity index is 1.93. The molecule has 0 radical (unpaired) electrons. The predicted molar refractivity (Wildman–Crippen MR) is 78.9 cm³/mol. The van der Waals surface area contributed by atoms with Crippen LogP contribution in [-0.2, 0) is 0 Å². The summed E-state index contributed by atoms with van der Waals surface area (Å²) in [5.41, 5.74) is 0.868. The zero-order valence-electron chi connectivity index (χ0n) is 12.4. The molecule has 1 aliphatic carbocycles. The normalized spacial score (nSPS) is 18.7. The number of nitrogens with one attached hydrogen (secondary N) is 2. The fourth-order valence-corrected chi connectivity index (χ4v) is 2.26. The van der Waals surface area contributed by atoms with Crippen molar-refractivity contribution < 1.29 is 19.4 Å². The molecule has 0 aromatic heterocycles. The van der Waals surface area contributed by atoms with E-state index < -0.39 is 5.97 Å². The second-order valence-corrected chi connectivity index (χ2v) is 5.94. The van der Waals surface area contributed by atoms with Crippen molar-refractivity contribution in [3.63, 3.8) is 0 Å². The summed E-state index contributed by atoms with van der Waals surface area (Å²) in [6.07, 6.45) is 1.12. The molecule has 0 bridgehead atoms. The van der Waals surface area contributed by atoms with Crippen molar-refractivity contribution in [2.24, 2.45) is 11.3 Å². The molecule has 1 aliphatic rings. The number of carboxylic acids is 1. The molecule has 21 heavy (non-hydrogen) atoms. The van der Waals surface area contributed by atoms with Crippen molar-refractivity contribution in [3.8, 4) is 5.75 Å². The number of urea groups is 1. The maximum atomic E-state index is 11.8. The first kappa shape index (κ1) is 15.2. The third-order valence-electron chi connectivity index (χ3n) is 3.92. The van der Waals surface area contributed by atoms with Crippen molar-refractivity contribution in [1.29, 1.82) is 0 Å². The maximum Gasteiger partial charge on any atom is 0.339 e. The van der Waals surface area contributed by atoms with E-state index in [1.807, 2.05) is 0 Å². The van der Waals surface area contributed by atoms with Gasteiger partial charge in [-0.3, -0.25) is 0 Å². The number of carbonyl (C=O) groups is 2. The van der Waals surface area contributed by atoms with Gasteiger partial charge in [-0.05, 0) is 29.9 Å². The molecule has 114 valence electrons. The number of aromatic carboxylic acids is 1. The minimum absolute atomic E-state index is 0.0585. The summed E-state index contributed by atoms with van der Waals surface area (Å²) in [4.78, 5) is 22.8. The molecule has 2 amide bonds. The average molecular weight is 292 g/mol. The summed E-state index contributed by atoms with van der Waals surface area (Å²) in [6, 6.07) is 4.13. The summed E-state index contributed by atoms with van der Waals surface area (Å²) in [5.74, 6) is -0.338. The van der Waals surface area contributed by atoms with Gasteiger partial charge in [-0.15, -0.1) is 0 Å². The third kappa shape index (κ3) is 3.65. The SMILES string of the molecule is COc1cc(NC(=O)NCC2CC2(C)C)ccc1C(=O)O. The molecule has 3 N–H and O–H groups in total. The highest BCUT2D eigenvalue weighted by Gasteiger charge is 2.45. The van der Waals surface area contributed by atoms with Crippen LogP contribution < -0.4 is 15.4 Å². The number of amides is 2. The van der Waals surface area contributed by atoms with Gasteiger partial charge in [0.15, 0.2) is 0 Å². The number of hydrogen-bond donors (Lipinski definition) is 3. The molecule has 1 saturated carbocycles. The Labute approximate surface area is 123 Å². The van der Waals surface area contributed by atoms with Crippen LogP contribution in [0.5, 0.6) is 5.75 Å². The van der Waals surface area contributed by atoms with Crippen LogP contribution >= 0.6 is 0 Å². The minimum Gasteiger partial charge on any atom is -0.496 e. The fraction of sp³-hybridized carbons (Fsp3) is 0.467. The molecule has 0 spiro atoms. The fourth-order valence-electron chi connectivity index (χ4n) is 2.26. The summed E-state index contributed by atoms with van der Waals surface area (Å²) in [6.45, 7) is 4.99. The first-order valence-electron chi connectivity index (χ1n) is 6.79. The van der Waals surface area contributed by atoms with Crippen LogP contribution in [0.25, 0.3) is 0 Å². The smallest absolute Gasteiger partial charge is 0.339 e. The lowest BCUT2D eigenvalue weighted by Gasteiger charge is -2.11. The zero-order valence-corrected chi connectivity index (χ0v) is 12.4. The Bertz CT molecular complexity index is 569. The second kappa shape index (κ2) is 5.63. The van der Waals surface area contributed by atoms with Crippen molar-refractivity contribution >= 4 is 17.7 Å². The number of methoxy groups -OCH3 is 1. The first-order chi connectivity index (χ1) is 9.83. The highest BCUT2D eigenvalue weighted by atomic mass is 16.5. The number of benzene rings is 1. The van der Waals surface area contributed by atoms with Gasteiger partial charge in [-0.2, -0.15) is 0 Å². The van der Waals surface area contributed by atoms with E-state index in [2.05, 4.69) is 24.5 Å². The van der Waals surface area contributed by atoms with Gasteiger partial charge in [0.1, 0.15) is 11.3 Å². The van der Waals surface area contributed by atoms with Crippen LogP contribution in [0.1, 0.15) is 30.6 Å². The quantitative estimate of drug-likeness (QED) is 0.778. The maximum absolute atomic E-state index is 11.8. The molecule has 1 atom stereocenters. The van der Waals surface area contributed by atoms with Crippen LogP contribution in [0.3, 0.4) is 0 Å². The highest BCUT2D eigenvalue weighted by Crippen LogP contribution is 2.50. The number of ether oxygens (including phenoxy) is 1. The predicted octanol–water partition coefficient (Wildman–Crippen LogP) is 2.56. The largest absolute Gasteiger partial charge is 0.496 e. The monoisotopic (exact) mass is 292 g/mol. The third-order valence-corrected chi connectivity index (χ3v) is 3.92. The topological polar surface area (TPSA) is 87.7 Å². The minimum atomic E-state index is -1.07. The Hall–Kier alpha value is -2.24. The molecule has 0 saturated heterocycles. The van der Waals surface area contributed by atoms with Crippen LogP contribution in [0.2, 0.25) is 0 Å². The van der Waals surface area contributed by atoms with Crippen LogP contribution in [-0.4, -0.2) is 30.8 Å². The molecule has 6 heteroatoms. The molecule has 1 aromatic carbocycles. The summed E-state index contributed by atoms with van der Waals surface area (Å²) in [7, 11) is 1.39. The summed E-state index contributed by atoms with van der Waals surface area (Å²) >= 11 is 0. The van der Waals surface area contributed by atoms with E-state index in [4.69, 9.17) is 9.84 Å². The van der Waals surface area contributed by atoms with E-state index in [0.717, 1.165) is 6.42 Å². The van der Waals surface area contributed by atoms with E-state index >= 15 is 0 Å².